The molecule has 1 fully saturated rings. The average Bonchev–Trinajstić information content (AvgIpc) is 3.08. The smallest absolute Gasteiger partial charge is 0.273 e. The van der Waals surface area contributed by atoms with Gasteiger partial charge in [0.2, 0.25) is 0 Å². The summed E-state index contributed by atoms with van der Waals surface area (Å²) in [7, 11) is 0. The molecule has 0 bridgehead atoms. The predicted molar refractivity (Wildman–Crippen MR) is 94.4 cm³/mol. The highest BCUT2D eigenvalue weighted by Crippen LogP contribution is 2.18. The molecular formula is C15H19Cl2N3OS. The zero-order valence-corrected chi connectivity index (χ0v) is 14.4. The lowest BCUT2D eigenvalue weighted by Crippen LogP contribution is -2.32. The first kappa shape index (κ1) is 18.9. The van der Waals surface area contributed by atoms with Crippen molar-refractivity contribution in [1.82, 2.24) is 9.88 Å². The van der Waals surface area contributed by atoms with Crippen LogP contribution < -0.4 is 5.73 Å². The topological polar surface area (TPSA) is 59.2 Å². The van der Waals surface area contributed by atoms with E-state index in [-0.39, 0.29) is 36.8 Å². The van der Waals surface area contributed by atoms with Gasteiger partial charge in [0.25, 0.3) is 5.91 Å². The van der Waals surface area contributed by atoms with Crippen LogP contribution in [0.4, 0.5) is 0 Å². The molecule has 0 radical (unpaired) electrons. The molecule has 3 rings (SSSR count). The molecule has 1 aromatic heterocycles. The highest BCUT2D eigenvalue weighted by molar-refractivity contribution is 7.09. The van der Waals surface area contributed by atoms with Crippen molar-refractivity contribution in [2.75, 3.05) is 13.1 Å². The molecule has 0 saturated carbocycles. The molecule has 22 heavy (non-hydrogen) atoms. The Morgan fingerprint density at radius 3 is 2.68 bits per heavy atom. The quantitative estimate of drug-likeness (QED) is 0.916. The lowest BCUT2D eigenvalue weighted by molar-refractivity contribution is 0.0785. The van der Waals surface area contributed by atoms with E-state index in [4.69, 9.17) is 5.73 Å². The average molecular weight is 360 g/mol. The second-order valence-corrected chi connectivity index (χ2v) is 6.03. The maximum atomic E-state index is 12.3. The Labute approximate surface area is 146 Å². The maximum absolute atomic E-state index is 12.3. The number of nitrogens with two attached hydrogens (primary N) is 1. The molecule has 7 heteroatoms. The number of rotatable bonds is 3. The van der Waals surface area contributed by atoms with Crippen molar-refractivity contribution in [3.05, 3.63) is 52.0 Å². The second kappa shape index (κ2) is 8.48. The first-order valence-corrected chi connectivity index (χ1v) is 7.63. The lowest BCUT2D eigenvalue weighted by Gasteiger charge is -2.13. The summed E-state index contributed by atoms with van der Waals surface area (Å²) in [6.07, 6.45) is 1.66. The summed E-state index contributed by atoms with van der Waals surface area (Å²) in [6, 6.07) is 10.3. The van der Waals surface area contributed by atoms with Gasteiger partial charge in [-0.15, -0.1) is 36.2 Å². The second-order valence-electron chi connectivity index (χ2n) is 5.09. The van der Waals surface area contributed by atoms with Crippen LogP contribution >= 0.6 is 36.2 Å². The Balaban J connectivity index is 0.00000121. The molecule has 4 nitrogen and oxygen atoms in total. The van der Waals surface area contributed by atoms with E-state index in [2.05, 4.69) is 17.1 Å². The predicted octanol–water partition coefficient (Wildman–Crippen LogP) is 2.75. The number of carbonyl (C=O) groups excluding carboxylic acids is 1. The van der Waals surface area contributed by atoms with Crippen molar-refractivity contribution in [2.24, 2.45) is 5.73 Å². The zero-order chi connectivity index (χ0) is 13.9. The SMILES string of the molecule is Cl.Cl.N[C@@H]1CCN(C(=O)c2csc(Cc3ccccc3)n2)C1. The van der Waals surface area contributed by atoms with Crippen LogP contribution in [0.25, 0.3) is 0 Å². The van der Waals surface area contributed by atoms with Crippen molar-refractivity contribution >= 4 is 42.1 Å². The van der Waals surface area contributed by atoms with Gasteiger partial charge in [-0.05, 0) is 12.0 Å². The highest BCUT2D eigenvalue weighted by atomic mass is 35.5. The van der Waals surface area contributed by atoms with Crippen LogP contribution in [0.2, 0.25) is 0 Å². The van der Waals surface area contributed by atoms with E-state index in [1.165, 1.54) is 5.56 Å². The number of carbonyl (C=O) groups is 1. The maximum Gasteiger partial charge on any atom is 0.273 e. The Morgan fingerprint density at radius 2 is 2.05 bits per heavy atom. The number of halogens is 2. The van der Waals surface area contributed by atoms with Crippen molar-refractivity contribution in [1.29, 1.82) is 0 Å². The normalized spacial score (nSPS) is 16.8. The van der Waals surface area contributed by atoms with Crippen molar-refractivity contribution in [2.45, 2.75) is 18.9 Å². The minimum absolute atomic E-state index is 0. The van der Waals surface area contributed by atoms with Gasteiger partial charge in [0.1, 0.15) is 5.69 Å². The molecule has 0 unspecified atom stereocenters. The summed E-state index contributed by atoms with van der Waals surface area (Å²) in [6.45, 7) is 1.38. The molecule has 0 spiro atoms. The van der Waals surface area contributed by atoms with Crippen molar-refractivity contribution < 1.29 is 4.79 Å². The molecular weight excluding hydrogens is 341 g/mol. The van der Waals surface area contributed by atoms with Gasteiger partial charge in [-0.2, -0.15) is 0 Å². The zero-order valence-electron chi connectivity index (χ0n) is 12.0. The van der Waals surface area contributed by atoms with Gasteiger partial charge in [0.05, 0.1) is 5.01 Å². The molecule has 1 aliphatic heterocycles. The van der Waals surface area contributed by atoms with Gasteiger partial charge < -0.3 is 10.6 Å². The Hall–Kier alpha value is -1.14. The van der Waals surface area contributed by atoms with Crippen LogP contribution in [-0.2, 0) is 6.42 Å². The van der Waals surface area contributed by atoms with E-state index in [0.717, 1.165) is 24.4 Å². The molecule has 120 valence electrons. The number of aromatic nitrogens is 1. The first-order chi connectivity index (χ1) is 9.72. The molecule has 1 saturated heterocycles. The standard InChI is InChI=1S/C15H17N3OS.2ClH/c16-12-6-7-18(9-12)15(19)13-10-20-14(17-13)8-11-4-2-1-3-5-11;;/h1-5,10,12H,6-9,16H2;2*1H/t12-;;/m1../s1. The van der Waals surface area contributed by atoms with Gasteiger partial charge in [-0.1, -0.05) is 30.3 Å². The van der Waals surface area contributed by atoms with E-state index in [1.807, 2.05) is 23.6 Å². The number of benzene rings is 1. The van der Waals surface area contributed by atoms with Crippen LogP contribution in [-0.4, -0.2) is 34.9 Å². The third kappa shape index (κ3) is 4.43. The fraction of sp³-hybridized carbons (Fsp3) is 0.333. The van der Waals surface area contributed by atoms with Crippen molar-refractivity contribution in [3.63, 3.8) is 0 Å². The number of likely N-dealkylation sites (tertiary alicyclic amines) is 1. The van der Waals surface area contributed by atoms with E-state index in [0.29, 0.717) is 12.2 Å². The molecule has 2 N–H and O–H groups in total. The van der Waals surface area contributed by atoms with E-state index in [1.54, 1.807) is 16.2 Å². The number of thiazole rings is 1. The highest BCUT2D eigenvalue weighted by Gasteiger charge is 2.25. The van der Waals surface area contributed by atoms with Gasteiger partial charge in [-0.3, -0.25) is 4.79 Å². The minimum Gasteiger partial charge on any atom is -0.336 e. The first-order valence-electron chi connectivity index (χ1n) is 6.75. The summed E-state index contributed by atoms with van der Waals surface area (Å²) in [5.41, 5.74) is 7.60. The van der Waals surface area contributed by atoms with E-state index in [9.17, 15) is 4.79 Å². The van der Waals surface area contributed by atoms with Gasteiger partial charge in [0.15, 0.2) is 0 Å². The molecule has 1 aliphatic rings. The Bertz CT molecular complexity index is 606. The summed E-state index contributed by atoms with van der Waals surface area (Å²) >= 11 is 1.54. The number of nitrogens with zero attached hydrogens (tertiary/aromatic N) is 2. The van der Waals surface area contributed by atoms with Crippen molar-refractivity contribution in [3.8, 4) is 0 Å². The number of hydrogen-bond donors (Lipinski definition) is 1. The fourth-order valence-corrected chi connectivity index (χ4v) is 3.20. The summed E-state index contributed by atoms with van der Waals surface area (Å²) in [5, 5.41) is 2.83. The summed E-state index contributed by atoms with van der Waals surface area (Å²) < 4.78 is 0. The monoisotopic (exact) mass is 359 g/mol. The summed E-state index contributed by atoms with van der Waals surface area (Å²) in [4.78, 5) is 18.5. The van der Waals surface area contributed by atoms with E-state index >= 15 is 0 Å². The number of hydrogen-bond acceptors (Lipinski definition) is 4. The Kier molecular flexibility index (Phi) is 7.29. The Morgan fingerprint density at radius 1 is 1.32 bits per heavy atom. The molecule has 1 aromatic carbocycles. The molecule has 0 aliphatic carbocycles. The van der Waals surface area contributed by atoms with Crippen LogP contribution in [0.5, 0.6) is 0 Å². The van der Waals surface area contributed by atoms with Gasteiger partial charge in [-0.25, -0.2) is 4.98 Å². The molecule has 2 heterocycles. The van der Waals surface area contributed by atoms with Gasteiger partial charge >= 0.3 is 0 Å². The molecule has 1 atom stereocenters. The summed E-state index contributed by atoms with van der Waals surface area (Å²) in [5.74, 6) is 0.00788. The van der Waals surface area contributed by atoms with Crippen LogP contribution in [0, 0.1) is 0 Å². The lowest BCUT2D eigenvalue weighted by atomic mass is 10.2. The third-order valence-corrected chi connectivity index (χ3v) is 4.33. The third-order valence-electron chi connectivity index (χ3n) is 3.48. The number of amides is 1. The van der Waals surface area contributed by atoms with Gasteiger partial charge in [0, 0.05) is 30.9 Å². The molecule has 1 amide bonds. The largest absolute Gasteiger partial charge is 0.336 e. The van der Waals surface area contributed by atoms with E-state index < -0.39 is 0 Å². The van der Waals surface area contributed by atoms with Crippen LogP contribution in [0.3, 0.4) is 0 Å². The fourth-order valence-electron chi connectivity index (χ4n) is 2.39. The van der Waals surface area contributed by atoms with Crippen LogP contribution in [0.15, 0.2) is 35.7 Å². The van der Waals surface area contributed by atoms with Crippen LogP contribution in [0.1, 0.15) is 27.5 Å². The minimum atomic E-state index is 0. The molecule has 2 aromatic rings.